The SMILES string of the molecule is CSCC(CCO)NCC1CC2C=CC1C2. The van der Waals surface area contributed by atoms with Gasteiger partial charge in [0.25, 0.3) is 0 Å². The minimum Gasteiger partial charge on any atom is -0.396 e. The van der Waals surface area contributed by atoms with E-state index >= 15 is 0 Å². The highest BCUT2D eigenvalue weighted by atomic mass is 32.2. The Morgan fingerprint density at radius 3 is 2.88 bits per heavy atom. The summed E-state index contributed by atoms with van der Waals surface area (Å²) in [7, 11) is 0. The first-order chi connectivity index (χ1) is 7.83. The van der Waals surface area contributed by atoms with E-state index in [2.05, 4.69) is 23.7 Å². The van der Waals surface area contributed by atoms with Gasteiger partial charge in [-0.15, -0.1) is 0 Å². The van der Waals surface area contributed by atoms with Gasteiger partial charge in [-0.2, -0.15) is 11.8 Å². The molecule has 2 aliphatic rings. The summed E-state index contributed by atoms with van der Waals surface area (Å²) in [6.07, 6.45) is 10.6. The lowest BCUT2D eigenvalue weighted by molar-refractivity contribution is 0.265. The maximum absolute atomic E-state index is 9.00. The van der Waals surface area contributed by atoms with Crippen LogP contribution in [0.1, 0.15) is 19.3 Å². The van der Waals surface area contributed by atoms with Crippen molar-refractivity contribution in [2.75, 3.05) is 25.2 Å². The third-order valence-corrected chi connectivity index (χ3v) is 4.67. The molecule has 0 amide bonds. The van der Waals surface area contributed by atoms with Gasteiger partial charge < -0.3 is 10.4 Å². The van der Waals surface area contributed by atoms with E-state index in [1.54, 1.807) is 0 Å². The minimum absolute atomic E-state index is 0.300. The van der Waals surface area contributed by atoms with Crippen molar-refractivity contribution in [3.63, 3.8) is 0 Å². The summed E-state index contributed by atoms with van der Waals surface area (Å²) < 4.78 is 0. The predicted octanol–water partition coefficient (Wildman–Crippen LogP) is 1.90. The summed E-state index contributed by atoms with van der Waals surface area (Å²) in [4.78, 5) is 0. The number of rotatable bonds is 7. The molecule has 0 aromatic rings. The molecule has 2 nitrogen and oxygen atoms in total. The minimum atomic E-state index is 0.300. The largest absolute Gasteiger partial charge is 0.396 e. The smallest absolute Gasteiger partial charge is 0.0446 e. The summed E-state index contributed by atoms with van der Waals surface area (Å²) >= 11 is 1.86. The van der Waals surface area contributed by atoms with Crippen molar-refractivity contribution < 1.29 is 5.11 Å². The van der Waals surface area contributed by atoms with E-state index < -0.39 is 0 Å². The van der Waals surface area contributed by atoms with Gasteiger partial charge in [0.1, 0.15) is 0 Å². The molecular formula is C13H23NOS. The predicted molar refractivity (Wildman–Crippen MR) is 70.7 cm³/mol. The van der Waals surface area contributed by atoms with E-state index in [1.807, 2.05) is 11.8 Å². The van der Waals surface area contributed by atoms with Gasteiger partial charge in [0.2, 0.25) is 0 Å². The quantitative estimate of drug-likeness (QED) is 0.668. The zero-order valence-electron chi connectivity index (χ0n) is 10.1. The van der Waals surface area contributed by atoms with E-state index in [0.29, 0.717) is 12.6 Å². The monoisotopic (exact) mass is 241 g/mol. The highest BCUT2D eigenvalue weighted by molar-refractivity contribution is 7.98. The fraction of sp³-hybridized carbons (Fsp3) is 0.846. The van der Waals surface area contributed by atoms with Crippen LogP contribution in [0.2, 0.25) is 0 Å². The first kappa shape index (κ1) is 12.5. The van der Waals surface area contributed by atoms with Crippen molar-refractivity contribution in [3.8, 4) is 0 Å². The lowest BCUT2D eigenvalue weighted by Gasteiger charge is -2.23. The molecule has 2 rings (SSSR count). The number of fused-ring (bicyclic) bond motifs is 2. The Balaban J connectivity index is 1.71. The molecular weight excluding hydrogens is 218 g/mol. The van der Waals surface area contributed by atoms with Crippen LogP contribution >= 0.6 is 11.8 Å². The van der Waals surface area contributed by atoms with Crippen LogP contribution in [0.4, 0.5) is 0 Å². The van der Waals surface area contributed by atoms with Crippen LogP contribution in [0.5, 0.6) is 0 Å². The molecule has 0 saturated heterocycles. The average Bonchev–Trinajstić information content (AvgIpc) is 2.88. The lowest BCUT2D eigenvalue weighted by atomic mass is 9.93. The fourth-order valence-corrected chi connectivity index (χ4v) is 3.74. The standard InChI is InChI=1S/C13H23NOS/c1-16-9-13(4-5-15)14-8-12-7-10-2-3-11(12)6-10/h2-3,10-15H,4-9H2,1H3. The Hall–Kier alpha value is 0.0100. The summed E-state index contributed by atoms with van der Waals surface area (Å²) in [6, 6.07) is 0.489. The molecule has 0 heterocycles. The second kappa shape index (κ2) is 6.08. The van der Waals surface area contributed by atoms with Gasteiger partial charge in [-0.3, -0.25) is 0 Å². The van der Waals surface area contributed by atoms with Crippen molar-refractivity contribution >= 4 is 11.8 Å². The Morgan fingerprint density at radius 2 is 2.31 bits per heavy atom. The van der Waals surface area contributed by atoms with Gasteiger partial charge in [0.05, 0.1) is 0 Å². The summed E-state index contributed by atoms with van der Waals surface area (Å²) in [6.45, 7) is 1.44. The zero-order chi connectivity index (χ0) is 11.4. The highest BCUT2D eigenvalue weighted by Gasteiger charge is 2.35. The molecule has 92 valence electrons. The van der Waals surface area contributed by atoms with Crippen LogP contribution in [0, 0.1) is 17.8 Å². The molecule has 0 aliphatic heterocycles. The van der Waals surface area contributed by atoms with Crippen molar-refractivity contribution in [1.29, 1.82) is 0 Å². The van der Waals surface area contributed by atoms with Crippen LogP contribution in [0.3, 0.4) is 0 Å². The van der Waals surface area contributed by atoms with E-state index in [4.69, 9.17) is 5.11 Å². The van der Waals surface area contributed by atoms with E-state index in [0.717, 1.165) is 36.5 Å². The van der Waals surface area contributed by atoms with E-state index in [9.17, 15) is 0 Å². The average molecular weight is 241 g/mol. The molecule has 1 saturated carbocycles. The van der Waals surface area contributed by atoms with Gasteiger partial charge >= 0.3 is 0 Å². The molecule has 2 aliphatic carbocycles. The fourth-order valence-electron chi connectivity index (χ4n) is 3.05. The molecule has 4 unspecified atom stereocenters. The number of aliphatic hydroxyl groups excluding tert-OH is 1. The van der Waals surface area contributed by atoms with Gasteiger partial charge in [0, 0.05) is 18.4 Å². The van der Waals surface area contributed by atoms with Crippen molar-refractivity contribution in [2.45, 2.75) is 25.3 Å². The molecule has 0 spiro atoms. The number of thioether (sulfide) groups is 1. The molecule has 1 fully saturated rings. The van der Waals surface area contributed by atoms with Crippen LogP contribution in [-0.2, 0) is 0 Å². The molecule has 4 atom stereocenters. The number of nitrogens with one attached hydrogen (secondary N) is 1. The van der Waals surface area contributed by atoms with Gasteiger partial charge in [0.15, 0.2) is 0 Å². The third kappa shape index (κ3) is 3.02. The van der Waals surface area contributed by atoms with Crippen molar-refractivity contribution in [2.24, 2.45) is 17.8 Å². The van der Waals surface area contributed by atoms with Gasteiger partial charge in [-0.1, -0.05) is 12.2 Å². The van der Waals surface area contributed by atoms with Crippen LogP contribution in [-0.4, -0.2) is 36.3 Å². The Labute approximate surface area is 103 Å². The number of aliphatic hydroxyl groups is 1. The molecule has 2 bridgehead atoms. The Bertz CT molecular complexity index is 238. The first-order valence-corrected chi connectivity index (χ1v) is 7.74. The third-order valence-electron chi connectivity index (χ3n) is 3.93. The van der Waals surface area contributed by atoms with Crippen LogP contribution < -0.4 is 5.32 Å². The van der Waals surface area contributed by atoms with E-state index in [-0.39, 0.29) is 0 Å². The highest BCUT2D eigenvalue weighted by Crippen LogP contribution is 2.42. The van der Waals surface area contributed by atoms with Crippen molar-refractivity contribution in [3.05, 3.63) is 12.2 Å². The van der Waals surface area contributed by atoms with Gasteiger partial charge in [-0.05, 0) is 49.8 Å². The second-order valence-electron chi connectivity index (χ2n) is 5.11. The molecule has 0 aromatic carbocycles. The maximum atomic E-state index is 9.00. The topological polar surface area (TPSA) is 32.3 Å². The van der Waals surface area contributed by atoms with Crippen molar-refractivity contribution in [1.82, 2.24) is 5.32 Å². The second-order valence-corrected chi connectivity index (χ2v) is 6.02. The number of hydrogen-bond acceptors (Lipinski definition) is 3. The zero-order valence-corrected chi connectivity index (χ0v) is 10.9. The summed E-state index contributed by atoms with van der Waals surface area (Å²) in [5.41, 5.74) is 0. The molecule has 0 aromatic heterocycles. The maximum Gasteiger partial charge on any atom is 0.0446 e. The molecule has 3 heteroatoms. The van der Waals surface area contributed by atoms with E-state index in [1.165, 1.54) is 12.8 Å². The Morgan fingerprint density at radius 1 is 1.44 bits per heavy atom. The summed E-state index contributed by atoms with van der Waals surface area (Å²) in [5, 5.41) is 12.6. The normalized spacial score (nSPS) is 33.5. The molecule has 16 heavy (non-hydrogen) atoms. The van der Waals surface area contributed by atoms with Gasteiger partial charge in [-0.25, -0.2) is 0 Å². The lowest BCUT2D eigenvalue weighted by Crippen LogP contribution is -2.37. The first-order valence-electron chi connectivity index (χ1n) is 6.35. The number of hydrogen-bond donors (Lipinski definition) is 2. The Kier molecular flexibility index (Phi) is 4.74. The molecule has 2 N–H and O–H groups in total. The summed E-state index contributed by atoms with van der Waals surface area (Å²) in [5.74, 6) is 3.66. The number of allylic oxidation sites excluding steroid dienone is 2. The van der Waals surface area contributed by atoms with Crippen LogP contribution in [0.25, 0.3) is 0 Å². The molecule has 0 radical (unpaired) electrons. The van der Waals surface area contributed by atoms with Crippen LogP contribution in [0.15, 0.2) is 12.2 Å².